The Labute approximate surface area is 125 Å². The van der Waals surface area contributed by atoms with Gasteiger partial charge in [-0.3, -0.25) is 0 Å². The number of aliphatic hydroxyl groups excluding tert-OH is 1. The first-order valence-corrected chi connectivity index (χ1v) is 8.82. The van der Waals surface area contributed by atoms with E-state index in [0.717, 1.165) is 0 Å². The summed E-state index contributed by atoms with van der Waals surface area (Å²) >= 11 is 0. The third-order valence-electron chi connectivity index (χ3n) is 2.77. The molecular weight excluding hydrogens is 297 g/mol. The standard InChI is InChI=1S/C14H22FNO4S/c1-21(18,19)8-4-7-16-9-13(17)11-20-10-12-5-2-3-6-14(12)15/h2-3,5-6,13,16-17H,4,7-11H2,1H3. The molecule has 0 aliphatic rings. The van der Waals surface area contributed by atoms with Crippen molar-refractivity contribution in [3.63, 3.8) is 0 Å². The molecule has 0 aliphatic carbocycles. The molecule has 0 aliphatic heterocycles. The molecule has 0 saturated carbocycles. The van der Waals surface area contributed by atoms with Gasteiger partial charge in [0.05, 0.1) is 25.1 Å². The molecule has 0 amide bonds. The lowest BCUT2D eigenvalue weighted by Gasteiger charge is -2.12. The lowest BCUT2D eigenvalue weighted by Crippen LogP contribution is -2.31. The quantitative estimate of drug-likeness (QED) is 0.622. The number of nitrogens with one attached hydrogen (secondary N) is 1. The van der Waals surface area contributed by atoms with Crippen molar-refractivity contribution in [3.8, 4) is 0 Å². The average Bonchev–Trinajstić information content (AvgIpc) is 2.39. The van der Waals surface area contributed by atoms with Gasteiger partial charge in [0, 0.05) is 18.4 Å². The van der Waals surface area contributed by atoms with E-state index in [1.165, 1.54) is 12.3 Å². The Bertz CT molecular complexity index is 521. The van der Waals surface area contributed by atoms with E-state index >= 15 is 0 Å². The maximum absolute atomic E-state index is 13.3. The number of sulfone groups is 1. The first-order chi connectivity index (χ1) is 9.88. The zero-order valence-corrected chi connectivity index (χ0v) is 12.9. The molecule has 0 radical (unpaired) electrons. The largest absolute Gasteiger partial charge is 0.389 e. The van der Waals surface area contributed by atoms with Gasteiger partial charge in [0.1, 0.15) is 15.7 Å². The maximum atomic E-state index is 13.3. The van der Waals surface area contributed by atoms with Crippen LogP contribution in [0.5, 0.6) is 0 Å². The van der Waals surface area contributed by atoms with Crippen molar-refractivity contribution < 1.29 is 22.7 Å². The van der Waals surface area contributed by atoms with E-state index in [-0.39, 0.29) is 24.8 Å². The molecule has 21 heavy (non-hydrogen) atoms. The summed E-state index contributed by atoms with van der Waals surface area (Å²) in [5.74, 6) is -0.203. The van der Waals surface area contributed by atoms with Crippen LogP contribution in [-0.4, -0.2) is 51.3 Å². The fourth-order valence-corrected chi connectivity index (χ4v) is 2.38. The van der Waals surface area contributed by atoms with Crippen LogP contribution in [0.2, 0.25) is 0 Å². The Morgan fingerprint density at radius 1 is 1.38 bits per heavy atom. The van der Waals surface area contributed by atoms with E-state index in [2.05, 4.69) is 5.32 Å². The summed E-state index contributed by atoms with van der Waals surface area (Å²) in [6.07, 6.45) is 0.982. The van der Waals surface area contributed by atoms with E-state index in [9.17, 15) is 17.9 Å². The minimum Gasteiger partial charge on any atom is -0.389 e. The Kier molecular flexibility index (Phi) is 7.81. The van der Waals surface area contributed by atoms with Crippen LogP contribution >= 0.6 is 0 Å². The van der Waals surface area contributed by atoms with Gasteiger partial charge in [-0.2, -0.15) is 0 Å². The first kappa shape index (κ1) is 18.0. The molecule has 0 bridgehead atoms. The molecule has 1 aromatic rings. The van der Waals surface area contributed by atoms with Gasteiger partial charge in [-0.15, -0.1) is 0 Å². The third-order valence-corrected chi connectivity index (χ3v) is 3.80. The molecule has 1 unspecified atom stereocenters. The Morgan fingerprint density at radius 3 is 2.76 bits per heavy atom. The summed E-state index contributed by atoms with van der Waals surface area (Å²) in [7, 11) is -2.94. The van der Waals surface area contributed by atoms with E-state index in [1.807, 2.05) is 0 Å². The molecule has 1 aromatic carbocycles. The monoisotopic (exact) mass is 319 g/mol. The lowest BCUT2D eigenvalue weighted by molar-refractivity contribution is 0.0280. The van der Waals surface area contributed by atoms with E-state index < -0.39 is 15.9 Å². The number of benzene rings is 1. The van der Waals surface area contributed by atoms with E-state index in [0.29, 0.717) is 25.1 Å². The van der Waals surface area contributed by atoms with Gasteiger partial charge in [-0.05, 0) is 19.0 Å². The molecule has 7 heteroatoms. The van der Waals surface area contributed by atoms with Crippen molar-refractivity contribution >= 4 is 9.84 Å². The van der Waals surface area contributed by atoms with Crippen molar-refractivity contribution in [1.29, 1.82) is 0 Å². The van der Waals surface area contributed by atoms with E-state index in [1.54, 1.807) is 18.2 Å². The molecule has 0 fully saturated rings. The number of ether oxygens (including phenoxy) is 1. The molecule has 0 aromatic heterocycles. The van der Waals surface area contributed by atoms with Gasteiger partial charge in [0.15, 0.2) is 0 Å². The minimum absolute atomic E-state index is 0.0907. The van der Waals surface area contributed by atoms with Crippen molar-refractivity contribution in [2.24, 2.45) is 0 Å². The highest BCUT2D eigenvalue weighted by Gasteiger charge is 2.06. The van der Waals surface area contributed by atoms with Gasteiger partial charge in [-0.1, -0.05) is 18.2 Å². The normalized spacial score (nSPS) is 13.3. The summed E-state index contributed by atoms with van der Waals surface area (Å²) in [5.41, 5.74) is 0.450. The fraction of sp³-hybridized carbons (Fsp3) is 0.571. The predicted octanol–water partition coefficient (Wildman–Crippen LogP) is 0.728. The van der Waals surface area contributed by atoms with Gasteiger partial charge >= 0.3 is 0 Å². The van der Waals surface area contributed by atoms with Crippen LogP contribution in [0.15, 0.2) is 24.3 Å². The second kappa shape index (κ2) is 9.09. The van der Waals surface area contributed by atoms with Crippen LogP contribution in [0.1, 0.15) is 12.0 Å². The van der Waals surface area contributed by atoms with Crippen molar-refractivity contribution in [2.75, 3.05) is 31.7 Å². The smallest absolute Gasteiger partial charge is 0.147 e. The highest BCUT2D eigenvalue weighted by atomic mass is 32.2. The van der Waals surface area contributed by atoms with E-state index in [4.69, 9.17) is 4.74 Å². The Morgan fingerprint density at radius 2 is 2.10 bits per heavy atom. The number of rotatable bonds is 10. The molecule has 0 heterocycles. The fourth-order valence-electron chi connectivity index (χ4n) is 1.71. The van der Waals surface area contributed by atoms with Crippen LogP contribution in [0.3, 0.4) is 0 Å². The summed E-state index contributed by atoms with van der Waals surface area (Å²) in [4.78, 5) is 0. The van der Waals surface area contributed by atoms with Gasteiger partial charge < -0.3 is 15.2 Å². The zero-order chi connectivity index (χ0) is 15.7. The van der Waals surface area contributed by atoms with Crippen molar-refractivity contribution in [1.82, 2.24) is 5.32 Å². The molecule has 5 nitrogen and oxygen atoms in total. The second-order valence-electron chi connectivity index (χ2n) is 4.95. The van der Waals surface area contributed by atoms with Gasteiger partial charge in [0.25, 0.3) is 0 Å². The molecule has 2 N–H and O–H groups in total. The van der Waals surface area contributed by atoms with Gasteiger partial charge in [-0.25, -0.2) is 12.8 Å². The summed E-state index contributed by atoms with van der Waals surface area (Å²) in [5, 5.41) is 12.6. The van der Waals surface area contributed by atoms with Crippen LogP contribution < -0.4 is 5.32 Å². The molecule has 0 spiro atoms. The van der Waals surface area contributed by atoms with Crippen molar-refractivity contribution in [3.05, 3.63) is 35.6 Å². The average molecular weight is 319 g/mol. The molecule has 1 atom stereocenters. The van der Waals surface area contributed by atoms with Crippen LogP contribution in [0.4, 0.5) is 4.39 Å². The first-order valence-electron chi connectivity index (χ1n) is 6.76. The molecular formula is C14H22FNO4S. The highest BCUT2D eigenvalue weighted by molar-refractivity contribution is 7.90. The number of aliphatic hydroxyl groups is 1. The lowest BCUT2D eigenvalue weighted by atomic mass is 10.2. The highest BCUT2D eigenvalue weighted by Crippen LogP contribution is 2.07. The number of halogens is 1. The molecule has 120 valence electrons. The minimum atomic E-state index is -2.94. The molecule has 1 rings (SSSR count). The SMILES string of the molecule is CS(=O)(=O)CCCNCC(O)COCc1ccccc1F. The maximum Gasteiger partial charge on any atom is 0.147 e. The third kappa shape index (κ3) is 8.77. The summed E-state index contributed by atoms with van der Waals surface area (Å²) in [6, 6.07) is 6.32. The Balaban J connectivity index is 2.09. The molecule has 0 saturated heterocycles. The van der Waals surface area contributed by atoms with Crippen LogP contribution in [0.25, 0.3) is 0 Å². The van der Waals surface area contributed by atoms with Crippen LogP contribution in [-0.2, 0) is 21.2 Å². The predicted molar refractivity (Wildman–Crippen MR) is 79.3 cm³/mol. The Hall–Kier alpha value is -1.02. The summed E-state index contributed by atoms with van der Waals surface area (Å²) < 4.78 is 40.3. The van der Waals surface area contributed by atoms with Crippen molar-refractivity contribution in [2.45, 2.75) is 19.1 Å². The topological polar surface area (TPSA) is 75.6 Å². The second-order valence-corrected chi connectivity index (χ2v) is 7.21. The van der Waals surface area contributed by atoms with Crippen LogP contribution in [0, 0.1) is 5.82 Å². The van der Waals surface area contributed by atoms with Gasteiger partial charge in [0.2, 0.25) is 0 Å². The summed E-state index contributed by atoms with van der Waals surface area (Å²) in [6.45, 7) is 1.02. The zero-order valence-electron chi connectivity index (χ0n) is 12.1. The number of hydrogen-bond donors (Lipinski definition) is 2. The number of hydrogen-bond acceptors (Lipinski definition) is 5.